The average Bonchev–Trinajstić information content (AvgIpc) is 2.27. The summed E-state index contributed by atoms with van der Waals surface area (Å²) < 4.78 is 10.3. The van der Waals surface area contributed by atoms with E-state index in [-0.39, 0.29) is 25.5 Å². The minimum absolute atomic E-state index is 0.0287. The van der Waals surface area contributed by atoms with E-state index in [4.69, 9.17) is 9.47 Å². The van der Waals surface area contributed by atoms with Crippen LogP contribution in [0.3, 0.4) is 0 Å². The van der Waals surface area contributed by atoms with Gasteiger partial charge < -0.3 is 9.47 Å². The second-order valence-corrected chi connectivity index (χ2v) is 5.69. The van der Waals surface area contributed by atoms with Crippen molar-refractivity contribution in [3.63, 3.8) is 0 Å². The molecule has 0 spiro atoms. The summed E-state index contributed by atoms with van der Waals surface area (Å²) in [6, 6.07) is 0. The predicted molar refractivity (Wildman–Crippen MR) is 79.6 cm³/mol. The largest absolute Gasteiger partial charge is 0.508 e. The highest BCUT2D eigenvalue weighted by Gasteiger charge is 2.19. The number of ether oxygens (including phenoxy) is 2. The van der Waals surface area contributed by atoms with Crippen LogP contribution in [-0.4, -0.2) is 108 Å². The normalized spacial score (nSPS) is 12.3. The van der Waals surface area contributed by atoms with Crippen LogP contribution < -0.4 is 0 Å². The zero-order chi connectivity index (χ0) is 15.9. The first-order chi connectivity index (χ1) is 9.16. The molecular weight excluding hydrogens is 260 g/mol. The van der Waals surface area contributed by atoms with Gasteiger partial charge in [-0.15, -0.1) is 0 Å². The molecule has 0 radical (unpaired) electrons. The van der Waals surface area contributed by atoms with E-state index in [1.165, 1.54) is 0 Å². The van der Waals surface area contributed by atoms with Crippen LogP contribution in [0.4, 0.5) is 4.79 Å². The maximum atomic E-state index is 11.6. The molecule has 0 saturated heterocycles. The maximum absolute atomic E-state index is 11.6. The molecule has 0 saturated carbocycles. The first-order valence-corrected chi connectivity index (χ1v) is 6.62. The third-order valence-corrected chi connectivity index (χ3v) is 3.08. The Labute approximate surface area is 123 Å². The summed E-state index contributed by atoms with van der Waals surface area (Å²) in [5, 5.41) is 0. The van der Waals surface area contributed by atoms with E-state index in [0.29, 0.717) is 0 Å². The molecule has 0 unspecified atom stereocenters. The second-order valence-electron chi connectivity index (χ2n) is 5.69. The number of nitrogens with zero attached hydrogens (tertiary/aromatic N) is 4. The van der Waals surface area contributed by atoms with E-state index in [0.717, 1.165) is 0 Å². The van der Waals surface area contributed by atoms with Gasteiger partial charge in [0.15, 0.2) is 0 Å². The molecule has 0 aliphatic heterocycles. The van der Waals surface area contributed by atoms with Crippen molar-refractivity contribution in [1.82, 2.24) is 19.6 Å². The fourth-order valence-electron chi connectivity index (χ4n) is 1.85. The molecule has 7 heteroatoms. The van der Waals surface area contributed by atoms with E-state index in [1.807, 2.05) is 76.0 Å². The summed E-state index contributed by atoms with van der Waals surface area (Å²) >= 11 is 0. The fourth-order valence-corrected chi connectivity index (χ4v) is 1.85. The van der Waals surface area contributed by atoms with Crippen LogP contribution in [0.15, 0.2) is 0 Å². The van der Waals surface area contributed by atoms with Gasteiger partial charge in [0.2, 0.25) is 0 Å². The molecular formula is C13H30N4O3. The topological polar surface area (TPSA) is 48.5 Å². The quantitative estimate of drug-likeness (QED) is 0.462. The first kappa shape index (κ1) is 19.1. The zero-order valence-electron chi connectivity index (χ0n) is 14.1. The van der Waals surface area contributed by atoms with Gasteiger partial charge in [-0.1, -0.05) is 0 Å². The van der Waals surface area contributed by atoms with Gasteiger partial charge in [0, 0.05) is 0 Å². The molecule has 0 aromatic rings. The van der Waals surface area contributed by atoms with Crippen molar-refractivity contribution in [2.24, 2.45) is 0 Å². The van der Waals surface area contributed by atoms with Crippen LogP contribution in [-0.2, 0) is 9.47 Å². The van der Waals surface area contributed by atoms with Crippen molar-refractivity contribution in [2.45, 2.75) is 12.3 Å². The molecule has 0 rings (SSSR count). The molecule has 0 bridgehead atoms. The van der Waals surface area contributed by atoms with Crippen LogP contribution >= 0.6 is 0 Å². The van der Waals surface area contributed by atoms with Crippen LogP contribution in [0.2, 0.25) is 0 Å². The summed E-state index contributed by atoms with van der Waals surface area (Å²) in [7, 11) is 15.5. The first-order valence-electron chi connectivity index (χ1n) is 6.62. The highest BCUT2D eigenvalue weighted by atomic mass is 16.7. The van der Waals surface area contributed by atoms with Crippen LogP contribution in [0.1, 0.15) is 0 Å². The molecule has 0 heterocycles. The van der Waals surface area contributed by atoms with Crippen molar-refractivity contribution < 1.29 is 14.3 Å². The minimum Gasteiger partial charge on any atom is -0.431 e. The zero-order valence-corrected chi connectivity index (χ0v) is 14.1. The van der Waals surface area contributed by atoms with Crippen molar-refractivity contribution in [3.8, 4) is 0 Å². The van der Waals surface area contributed by atoms with E-state index >= 15 is 0 Å². The number of rotatable bonds is 8. The molecule has 0 aliphatic rings. The lowest BCUT2D eigenvalue weighted by Gasteiger charge is -2.31. The fraction of sp³-hybridized carbons (Fsp3) is 0.923. The standard InChI is InChI=1S/C13H30N4O3/c1-14(2)11(15(3)4)9-19-13(18)20-10-12(16(5)6)17(7)8/h11-12H,9-10H2,1-8H3. The number of carbonyl (C=O) groups excluding carboxylic acids is 1. The Kier molecular flexibility index (Phi) is 8.71. The summed E-state index contributed by atoms with van der Waals surface area (Å²) in [6.07, 6.45) is -0.575. The third kappa shape index (κ3) is 7.04. The molecule has 120 valence electrons. The van der Waals surface area contributed by atoms with E-state index in [9.17, 15) is 4.79 Å². The van der Waals surface area contributed by atoms with Crippen molar-refractivity contribution in [2.75, 3.05) is 69.6 Å². The summed E-state index contributed by atoms with van der Waals surface area (Å²) in [6.45, 7) is 0.543. The van der Waals surface area contributed by atoms with Gasteiger partial charge >= 0.3 is 6.16 Å². The van der Waals surface area contributed by atoms with Gasteiger partial charge in [-0.25, -0.2) is 4.79 Å². The number of likely N-dealkylation sites (N-methyl/N-ethyl adjacent to an activating group) is 4. The maximum Gasteiger partial charge on any atom is 0.508 e. The van der Waals surface area contributed by atoms with Gasteiger partial charge in [-0.2, -0.15) is 0 Å². The number of carbonyl (C=O) groups is 1. The van der Waals surface area contributed by atoms with Gasteiger partial charge in [-0.3, -0.25) is 19.6 Å². The smallest absolute Gasteiger partial charge is 0.431 e. The van der Waals surface area contributed by atoms with E-state index in [2.05, 4.69) is 0 Å². The Hall–Kier alpha value is -0.890. The van der Waals surface area contributed by atoms with Gasteiger partial charge in [-0.05, 0) is 56.4 Å². The van der Waals surface area contributed by atoms with E-state index in [1.54, 1.807) is 0 Å². The van der Waals surface area contributed by atoms with Gasteiger partial charge in [0.05, 0.1) is 12.3 Å². The highest BCUT2D eigenvalue weighted by molar-refractivity contribution is 5.59. The van der Waals surface area contributed by atoms with Gasteiger partial charge in [0.25, 0.3) is 0 Å². The molecule has 0 aromatic heterocycles. The van der Waals surface area contributed by atoms with Crippen LogP contribution in [0, 0.1) is 0 Å². The SMILES string of the molecule is CN(C)C(COC(=O)OCC(N(C)C)N(C)C)N(C)C. The summed E-state index contributed by atoms with van der Waals surface area (Å²) in [4.78, 5) is 19.6. The molecule has 0 fully saturated rings. The van der Waals surface area contributed by atoms with Crippen molar-refractivity contribution >= 4 is 6.16 Å². The van der Waals surface area contributed by atoms with Crippen molar-refractivity contribution in [3.05, 3.63) is 0 Å². The third-order valence-electron chi connectivity index (χ3n) is 3.08. The Morgan fingerprint density at radius 3 is 1.15 bits per heavy atom. The Bertz CT molecular complexity index is 241. The lowest BCUT2D eigenvalue weighted by Crippen LogP contribution is -2.46. The summed E-state index contributed by atoms with van der Waals surface area (Å²) in [5.74, 6) is 0. The molecule has 0 atom stereocenters. The lowest BCUT2D eigenvalue weighted by molar-refractivity contribution is -0.0140. The Morgan fingerprint density at radius 2 is 0.950 bits per heavy atom. The predicted octanol–water partition coefficient (Wildman–Crippen LogP) is 0.0382. The van der Waals surface area contributed by atoms with Crippen molar-refractivity contribution in [1.29, 1.82) is 0 Å². The van der Waals surface area contributed by atoms with Gasteiger partial charge in [0.1, 0.15) is 13.2 Å². The molecule has 7 nitrogen and oxygen atoms in total. The molecule has 0 aliphatic carbocycles. The second kappa shape index (κ2) is 9.12. The highest BCUT2D eigenvalue weighted by Crippen LogP contribution is 2.02. The monoisotopic (exact) mass is 290 g/mol. The Morgan fingerprint density at radius 1 is 0.700 bits per heavy atom. The molecule has 20 heavy (non-hydrogen) atoms. The number of hydrogen-bond acceptors (Lipinski definition) is 7. The van der Waals surface area contributed by atoms with Crippen LogP contribution in [0.25, 0.3) is 0 Å². The number of hydrogen-bond donors (Lipinski definition) is 0. The molecule has 0 amide bonds. The average molecular weight is 290 g/mol. The Balaban J connectivity index is 4.17. The lowest BCUT2D eigenvalue weighted by atomic mass is 10.4. The van der Waals surface area contributed by atoms with Crippen LogP contribution in [0.5, 0.6) is 0 Å². The van der Waals surface area contributed by atoms with E-state index < -0.39 is 6.16 Å². The minimum atomic E-state index is -0.632. The molecule has 0 N–H and O–H groups in total. The molecule has 0 aromatic carbocycles. The summed E-state index contributed by atoms with van der Waals surface area (Å²) in [5.41, 5.74) is 0.